The van der Waals surface area contributed by atoms with Crippen LogP contribution in [-0.2, 0) is 6.18 Å². The first kappa shape index (κ1) is 19.8. The van der Waals surface area contributed by atoms with Crippen molar-refractivity contribution in [3.63, 3.8) is 0 Å². The number of rotatable bonds is 3. The fourth-order valence-electron chi connectivity index (χ4n) is 2.93. The maximum Gasteiger partial charge on any atom is 0.417 e. The van der Waals surface area contributed by atoms with E-state index >= 15 is 0 Å². The smallest absolute Gasteiger partial charge is 0.410 e. The summed E-state index contributed by atoms with van der Waals surface area (Å²) in [6.45, 7) is 0. The van der Waals surface area contributed by atoms with Crippen molar-refractivity contribution in [2.24, 2.45) is 0 Å². The van der Waals surface area contributed by atoms with Crippen LogP contribution in [0.15, 0.2) is 66.7 Å². The summed E-state index contributed by atoms with van der Waals surface area (Å²) < 4.78 is 45.1. The van der Waals surface area contributed by atoms with Crippen molar-refractivity contribution in [3.05, 3.63) is 77.3 Å². The molecule has 0 saturated heterocycles. The second-order valence-electron chi connectivity index (χ2n) is 6.33. The molecule has 9 heteroatoms. The van der Waals surface area contributed by atoms with Gasteiger partial charge in [0.2, 0.25) is 0 Å². The van der Waals surface area contributed by atoms with Crippen LogP contribution in [0.2, 0.25) is 5.02 Å². The maximum atomic E-state index is 13.3. The number of nitrogens with one attached hydrogen (secondary N) is 2. The molecule has 4 aromatic rings. The molecule has 1 amide bonds. The Morgan fingerprint density at radius 1 is 1.03 bits per heavy atom. The van der Waals surface area contributed by atoms with E-state index in [0.29, 0.717) is 21.7 Å². The number of fused-ring (bicyclic) bond motifs is 1. The molecule has 0 radical (unpaired) electrons. The molecular formula is C21H13ClF3N3O2. The first-order valence-electron chi connectivity index (χ1n) is 8.70. The minimum Gasteiger partial charge on any atom is -0.410 e. The number of hydrogen-bond donors (Lipinski definition) is 2. The van der Waals surface area contributed by atoms with Gasteiger partial charge < -0.3 is 9.72 Å². The van der Waals surface area contributed by atoms with Crippen LogP contribution in [-0.4, -0.2) is 16.1 Å². The number of alkyl halides is 3. The molecule has 1 aromatic heterocycles. The molecule has 0 fully saturated rings. The lowest BCUT2D eigenvalue weighted by Gasteiger charge is -2.10. The molecule has 0 aliphatic rings. The maximum absolute atomic E-state index is 13.3. The van der Waals surface area contributed by atoms with Crippen molar-refractivity contribution < 1.29 is 22.7 Å². The predicted molar refractivity (Wildman–Crippen MR) is 108 cm³/mol. The van der Waals surface area contributed by atoms with E-state index in [9.17, 15) is 18.0 Å². The SMILES string of the molecule is O=C(Nc1cccc(Cl)c1)Oc1ccc2nc(-c3ccccc3C(F)(F)F)[nH]c2c1. The Morgan fingerprint density at radius 2 is 1.83 bits per heavy atom. The van der Waals surface area contributed by atoms with E-state index in [4.69, 9.17) is 16.3 Å². The number of amides is 1. The van der Waals surface area contributed by atoms with Gasteiger partial charge in [0, 0.05) is 22.3 Å². The molecule has 152 valence electrons. The molecule has 0 spiro atoms. The van der Waals surface area contributed by atoms with Crippen molar-refractivity contribution in [2.45, 2.75) is 6.18 Å². The standard InChI is InChI=1S/C21H13ClF3N3O2/c22-12-4-3-5-13(10-12)26-20(29)30-14-8-9-17-18(11-14)28-19(27-17)15-6-1-2-7-16(15)21(23,24)25/h1-11H,(H,26,29)(H,27,28). The molecule has 0 bridgehead atoms. The van der Waals surface area contributed by atoms with E-state index in [0.717, 1.165) is 6.07 Å². The van der Waals surface area contributed by atoms with Crippen LogP contribution in [0.4, 0.5) is 23.7 Å². The summed E-state index contributed by atoms with van der Waals surface area (Å²) in [6, 6.07) is 16.3. The Bertz CT molecular complexity index is 1240. The molecule has 3 aromatic carbocycles. The quantitative estimate of drug-likeness (QED) is 0.388. The van der Waals surface area contributed by atoms with Crippen LogP contribution in [0.5, 0.6) is 5.75 Å². The Kier molecular flexibility index (Phi) is 5.09. The minimum atomic E-state index is -4.51. The molecular weight excluding hydrogens is 419 g/mol. The Morgan fingerprint density at radius 3 is 2.60 bits per heavy atom. The number of halogens is 4. The normalized spacial score (nSPS) is 11.5. The van der Waals surface area contributed by atoms with Gasteiger partial charge in [-0.15, -0.1) is 0 Å². The highest BCUT2D eigenvalue weighted by atomic mass is 35.5. The first-order valence-corrected chi connectivity index (χ1v) is 9.08. The van der Waals surface area contributed by atoms with E-state index in [1.54, 1.807) is 30.3 Å². The summed E-state index contributed by atoms with van der Waals surface area (Å²) in [6.07, 6.45) is -5.25. The van der Waals surface area contributed by atoms with Gasteiger partial charge in [0.25, 0.3) is 0 Å². The second-order valence-corrected chi connectivity index (χ2v) is 6.77. The summed E-state index contributed by atoms with van der Waals surface area (Å²) in [5, 5.41) is 2.99. The van der Waals surface area contributed by atoms with Gasteiger partial charge in [-0.3, -0.25) is 5.32 Å². The number of aromatic amines is 1. The van der Waals surface area contributed by atoms with Gasteiger partial charge in [-0.25, -0.2) is 9.78 Å². The second kappa shape index (κ2) is 7.72. The summed E-state index contributed by atoms with van der Waals surface area (Å²) in [5.41, 5.74) is 0.463. The van der Waals surface area contributed by atoms with E-state index in [2.05, 4.69) is 15.3 Å². The molecule has 0 saturated carbocycles. The number of anilines is 1. The summed E-state index contributed by atoms with van der Waals surface area (Å²) in [4.78, 5) is 19.2. The number of carbonyl (C=O) groups is 1. The van der Waals surface area contributed by atoms with Crippen molar-refractivity contribution in [2.75, 3.05) is 5.32 Å². The number of ether oxygens (including phenoxy) is 1. The predicted octanol–water partition coefficient (Wildman–Crippen LogP) is 6.51. The number of aromatic nitrogens is 2. The van der Waals surface area contributed by atoms with Gasteiger partial charge >= 0.3 is 12.3 Å². The zero-order chi connectivity index (χ0) is 21.3. The molecule has 0 aliphatic heterocycles. The topological polar surface area (TPSA) is 67.0 Å². The summed E-state index contributed by atoms with van der Waals surface area (Å²) >= 11 is 5.87. The lowest BCUT2D eigenvalue weighted by atomic mass is 10.1. The number of nitrogens with zero attached hydrogens (tertiary/aromatic N) is 1. The molecule has 1 heterocycles. The highest BCUT2D eigenvalue weighted by Crippen LogP contribution is 2.36. The zero-order valence-electron chi connectivity index (χ0n) is 15.1. The third kappa shape index (κ3) is 4.23. The molecule has 0 atom stereocenters. The molecule has 30 heavy (non-hydrogen) atoms. The third-order valence-electron chi connectivity index (χ3n) is 4.22. The highest BCUT2D eigenvalue weighted by Gasteiger charge is 2.34. The number of carbonyl (C=O) groups excluding carboxylic acids is 1. The van der Waals surface area contributed by atoms with Crippen LogP contribution in [0.1, 0.15) is 5.56 Å². The van der Waals surface area contributed by atoms with Crippen molar-refractivity contribution in [3.8, 4) is 17.1 Å². The minimum absolute atomic E-state index is 0.0673. The van der Waals surface area contributed by atoms with Crippen LogP contribution in [0.3, 0.4) is 0 Å². The van der Waals surface area contributed by atoms with Crippen LogP contribution in [0.25, 0.3) is 22.4 Å². The molecule has 4 rings (SSSR count). The molecule has 2 N–H and O–H groups in total. The molecule has 5 nitrogen and oxygen atoms in total. The zero-order valence-corrected chi connectivity index (χ0v) is 15.9. The number of hydrogen-bond acceptors (Lipinski definition) is 3. The van der Waals surface area contributed by atoms with Crippen LogP contribution >= 0.6 is 11.6 Å². The van der Waals surface area contributed by atoms with E-state index in [1.165, 1.54) is 30.3 Å². The van der Waals surface area contributed by atoms with Gasteiger partial charge in [0.1, 0.15) is 11.6 Å². The van der Waals surface area contributed by atoms with Crippen molar-refractivity contribution in [1.82, 2.24) is 9.97 Å². The Hall–Kier alpha value is -3.52. The third-order valence-corrected chi connectivity index (χ3v) is 4.46. The van der Waals surface area contributed by atoms with E-state index in [-0.39, 0.29) is 17.1 Å². The van der Waals surface area contributed by atoms with E-state index in [1.807, 2.05) is 0 Å². The number of H-pyrrole nitrogens is 1. The number of imidazole rings is 1. The van der Waals surface area contributed by atoms with Crippen molar-refractivity contribution >= 4 is 34.4 Å². The Balaban J connectivity index is 1.58. The van der Waals surface area contributed by atoms with Gasteiger partial charge in [-0.1, -0.05) is 35.9 Å². The van der Waals surface area contributed by atoms with Gasteiger partial charge in [0.15, 0.2) is 0 Å². The fraction of sp³-hybridized carbons (Fsp3) is 0.0476. The Labute approximate surface area is 173 Å². The highest BCUT2D eigenvalue weighted by molar-refractivity contribution is 6.30. The summed E-state index contributed by atoms with van der Waals surface area (Å²) in [5.74, 6) is 0.264. The summed E-state index contributed by atoms with van der Waals surface area (Å²) in [7, 11) is 0. The largest absolute Gasteiger partial charge is 0.417 e. The van der Waals surface area contributed by atoms with E-state index < -0.39 is 17.8 Å². The lowest BCUT2D eigenvalue weighted by molar-refractivity contribution is -0.137. The molecule has 0 aliphatic carbocycles. The monoisotopic (exact) mass is 431 g/mol. The van der Waals surface area contributed by atoms with Gasteiger partial charge in [0.05, 0.1) is 16.6 Å². The van der Waals surface area contributed by atoms with Gasteiger partial charge in [-0.05, 0) is 36.4 Å². The van der Waals surface area contributed by atoms with Crippen molar-refractivity contribution in [1.29, 1.82) is 0 Å². The van der Waals surface area contributed by atoms with Crippen LogP contribution in [0, 0.1) is 0 Å². The lowest BCUT2D eigenvalue weighted by Crippen LogP contribution is -2.16. The number of benzene rings is 3. The molecule has 0 unspecified atom stereocenters. The van der Waals surface area contributed by atoms with Crippen LogP contribution < -0.4 is 10.1 Å². The first-order chi connectivity index (χ1) is 14.3. The average Bonchev–Trinajstić information content (AvgIpc) is 3.10. The fourth-order valence-corrected chi connectivity index (χ4v) is 3.12. The van der Waals surface area contributed by atoms with Gasteiger partial charge in [-0.2, -0.15) is 13.2 Å². The average molecular weight is 432 g/mol.